The quantitative estimate of drug-likeness (QED) is 0.507. The molecule has 6 heteroatoms. The van der Waals surface area contributed by atoms with Crippen molar-refractivity contribution in [3.8, 4) is 0 Å². The van der Waals surface area contributed by atoms with Crippen molar-refractivity contribution in [1.29, 1.82) is 0 Å². The van der Waals surface area contributed by atoms with E-state index < -0.39 is 17.4 Å². The van der Waals surface area contributed by atoms with Crippen LogP contribution in [-0.2, 0) is 11.3 Å². The number of ether oxygens (including phenoxy) is 1. The van der Waals surface area contributed by atoms with Gasteiger partial charge in [-0.2, -0.15) is 0 Å². The van der Waals surface area contributed by atoms with Gasteiger partial charge < -0.3 is 9.15 Å². The van der Waals surface area contributed by atoms with E-state index in [0.29, 0.717) is 16.5 Å². The Bertz CT molecular complexity index is 1040. The summed E-state index contributed by atoms with van der Waals surface area (Å²) in [6.07, 6.45) is 0. The first kappa shape index (κ1) is 17.2. The van der Waals surface area contributed by atoms with Gasteiger partial charge in [-0.1, -0.05) is 23.7 Å². The van der Waals surface area contributed by atoms with Crippen LogP contribution in [0.15, 0.2) is 45.6 Å². The molecular formula is C19H14ClFO4. The number of fused-ring (bicyclic) bond motifs is 1. The molecule has 0 amide bonds. The molecule has 1 aromatic heterocycles. The first-order valence-electron chi connectivity index (χ1n) is 7.52. The van der Waals surface area contributed by atoms with E-state index in [0.717, 1.165) is 17.2 Å². The molecule has 0 spiro atoms. The average Bonchev–Trinajstić information content (AvgIpc) is 2.56. The molecule has 3 rings (SSSR count). The third-order valence-corrected chi connectivity index (χ3v) is 4.26. The van der Waals surface area contributed by atoms with Crippen LogP contribution in [0, 0.1) is 19.7 Å². The first-order chi connectivity index (χ1) is 11.9. The van der Waals surface area contributed by atoms with E-state index in [-0.39, 0.29) is 17.2 Å². The highest BCUT2D eigenvalue weighted by atomic mass is 35.5. The highest BCUT2D eigenvalue weighted by molar-refractivity contribution is 6.30. The van der Waals surface area contributed by atoms with Gasteiger partial charge in [0.1, 0.15) is 18.0 Å². The molecule has 1 heterocycles. The van der Waals surface area contributed by atoms with Gasteiger partial charge in [-0.3, -0.25) is 0 Å². The Morgan fingerprint density at radius 1 is 1.20 bits per heavy atom. The molecular weight excluding hydrogens is 347 g/mol. The van der Waals surface area contributed by atoms with Gasteiger partial charge in [-0.25, -0.2) is 14.0 Å². The van der Waals surface area contributed by atoms with Gasteiger partial charge in [0.2, 0.25) is 0 Å². The number of hydrogen-bond donors (Lipinski definition) is 0. The van der Waals surface area contributed by atoms with E-state index in [1.807, 2.05) is 19.9 Å². The minimum absolute atomic E-state index is 0.175. The van der Waals surface area contributed by atoms with Crippen molar-refractivity contribution in [1.82, 2.24) is 0 Å². The van der Waals surface area contributed by atoms with Gasteiger partial charge in [-0.15, -0.1) is 0 Å². The van der Waals surface area contributed by atoms with Gasteiger partial charge in [0, 0.05) is 22.0 Å². The van der Waals surface area contributed by atoms with Gasteiger partial charge >= 0.3 is 11.6 Å². The zero-order valence-electron chi connectivity index (χ0n) is 13.6. The van der Waals surface area contributed by atoms with Crippen molar-refractivity contribution < 1.29 is 18.3 Å². The predicted octanol–water partition coefficient (Wildman–Crippen LogP) is 4.56. The third kappa shape index (κ3) is 3.42. The molecule has 0 fully saturated rings. The standard InChI is InChI=1S/C19H14ClFO4/c1-10-3-5-14-12(7-17(22)25-18(14)11(10)2)9-24-19(23)15-6-4-13(20)8-16(15)21/h3-8H,9H2,1-2H3. The van der Waals surface area contributed by atoms with E-state index in [9.17, 15) is 14.0 Å². The fourth-order valence-corrected chi connectivity index (χ4v) is 2.68. The smallest absolute Gasteiger partial charge is 0.341 e. The second-order valence-corrected chi connectivity index (χ2v) is 6.11. The number of hydrogen-bond acceptors (Lipinski definition) is 4. The molecule has 25 heavy (non-hydrogen) atoms. The van der Waals surface area contributed by atoms with E-state index >= 15 is 0 Å². The first-order valence-corrected chi connectivity index (χ1v) is 7.89. The summed E-state index contributed by atoms with van der Waals surface area (Å²) < 4.78 is 24.2. The highest BCUT2D eigenvalue weighted by Gasteiger charge is 2.15. The van der Waals surface area contributed by atoms with Crippen molar-refractivity contribution in [2.75, 3.05) is 0 Å². The number of halogens is 2. The van der Waals surface area contributed by atoms with E-state index in [1.165, 1.54) is 18.2 Å². The van der Waals surface area contributed by atoms with Gasteiger partial charge in [0.05, 0.1) is 5.56 Å². The highest BCUT2D eigenvalue weighted by Crippen LogP contribution is 2.24. The number of benzene rings is 2. The lowest BCUT2D eigenvalue weighted by molar-refractivity contribution is 0.0468. The van der Waals surface area contributed by atoms with Crippen molar-refractivity contribution in [3.05, 3.63) is 79.9 Å². The molecule has 3 aromatic rings. The van der Waals surface area contributed by atoms with Crippen molar-refractivity contribution in [2.24, 2.45) is 0 Å². The Hall–Kier alpha value is -2.66. The summed E-state index contributed by atoms with van der Waals surface area (Å²) in [5.74, 6) is -1.60. The maximum absolute atomic E-state index is 13.8. The molecule has 128 valence electrons. The monoisotopic (exact) mass is 360 g/mol. The fourth-order valence-electron chi connectivity index (χ4n) is 2.52. The van der Waals surface area contributed by atoms with E-state index in [4.69, 9.17) is 20.8 Å². The number of carbonyl (C=O) groups is 1. The predicted molar refractivity (Wildman–Crippen MR) is 92.5 cm³/mol. The molecule has 0 unspecified atom stereocenters. The van der Waals surface area contributed by atoms with Crippen molar-refractivity contribution in [2.45, 2.75) is 20.5 Å². The maximum atomic E-state index is 13.8. The Balaban J connectivity index is 1.92. The molecule has 0 N–H and O–H groups in total. The van der Waals surface area contributed by atoms with Crippen LogP contribution in [-0.4, -0.2) is 5.97 Å². The normalized spacial score (nSPS) is 10.9. The van der Waals surface area contributed by atoms with Crippen LogP contribution in [0.2, 0.25) is 5.02 Å². The molecule has 0 radical (unpaired) electrons. The van der Waals surface area contributed by atoms with Crippen LogP contribution in [0.4, 0.5) is 4.39 Å². The van der Waals surface area contributed by atoms with Crippen molar-refractivity contribution >= 4 is 28.5 Å². The summed E-state index contributed by atoms with van der Waals surface area (Å²) in [7, 11) is 0. The van der Waals surface area contributed by atoms with E-state index in [2.05, 4.69) is 0 Å². The number of rotatable bonds is 3. The van der Waals surface area contributed by atoms with Crippen molar-refractivity contribution in [3.63, 3.8) is 0 Å². The SMILES string of the molecule is Cc1ccc2c(COC(=O)c3ccc(Cl)cc3F)cc(=O)oc2c1C. The molecule has 0 atom stereocenters. The summed E-state index contributed by atoms with van der Waals surface area (Å²) in [5, 5.41) is 0.860. The Kier molecular flexibility index (Phi) is 4.59. The maximum Gasteiger partial charge on any atom is 0.341 e. The Labute approximate surface area is 147 Å². The summed E-state index contributed by atoms with van der Waals surface area (Å²) in [5.41, 5.74) is 2.02. The molecule has 0 aliphatic carbocycles. The Morgan fingerprint density at radius 3 is 2.68 bits per heavy atom. The molecule has 0 aliphatic heterocycles. The van der Waals surface area contributed by atoms with Crippen LogP contribution >= 0.6 is 11.6 Å². The Morgan fingerprint density at radius 2 is 1.96 bits per heavy atom. The molecule has 2 aromatic carbocycles. The summed E-state index contributed by atoms with van der Waals surface area (Å²) in [6, 6.07) is 8.65. The van der Waals surface area contributed by atoms with Crippen LogP contribution in [0.3, 0.4) is 0 Å². The second-order valence-electron chi connectivity index (χ2n) is 5.68. The summed E-state index contributed by atoms with van der Waals surface area (Å²) in [4.78, 5) is 23.9. The largest absolute Gasteiger partial charge is 0.457 e. The molecule has 0 saturated carbocycles. The average molecular weight is 361 g/mol. The summed E-state index contributed by atoms with van der Waals surface area (Å²) >= 11 is 5.67. The zero-order valence-corrected chi connectivity index (χ0v) is 14.3. The molecule has 0 aliphatic rings. The zero-order chi connectivity index (χ0) is 18.1. The minimum Gasteiger partial charge on any atom is -0.457 e. The third-order valence-electron chi connectivity index (χ3n) is 4.03. The number of esters is 1. The van der Waals surface area contributed by atoms with Gasteiger partial charge in [-0.05, 0) is 43.2 Å². The molecule has 4 nitrogen and oxygen atoms in total. The summed E-state index contributed by atoms with van der Waals surface area (Å²) in [6.45, 7) is 3.58. The van der Waals surface area contributed by atoms with Crippen LogP contribution in [0.5, 0.6) is 0 Å². The van der Waals surface area contributed by atoms with Crippen LogP contribution in [0.25, 0.3) is 11.0 Å². The number of carbonyl (C=O) groups excluding carboxylic acids is 1. The van der Waals surface area contributed by atoms with Crippen LogP contribution < -0.4 is 5.63 Å². The van der Waals surface area contributed by atoms with Gasteiger partial charge in [0.15, 0.2) is 0 Å². The minimum atomic E-state index is -0.834. The van der Waals surface area contributed by atoms with Gasteiger partial charge in [0.25, 0.3) is 0 Å². The lowest BCUT2D eigenvalue weighted by Gasteiger charge is -2.10. The fraction of sp³-hybridized carbons (Fsp3) is 0.158. The molecule has 0 saturated heterocycles. The van der Waals surface area contributed by atoms with Crippen LogP contribution in [0.1, 0.15) is 27.0 Å². The van der Waals surface area contributed by atoms with E-state index in [1.54, 1.807) is 6.07 Å². The topological polar surface area (TPSA) is 56.5 Å². The second kappa shape index (κ2) is 6.69. The lowest BCUT2D eigenvalue weighted by atomic mass is 10.0. The lowest BCUT2D eigenvalue weighted by Crippen LogP contribution is -2.10. The number of aryl methyl sites for hydroxylation is 2. The molecule has 0 bridgehead atoms.